The number of alkyl halides is 1. The Labute approximate surface area is 178 Å². The number of fused-ring (bicyclic) bond motifs is 1. The van der Waals surface area contributed by atoms with Crippen LogP contribution in [0.25, 0.3) is 10.9 Å². The van der Waals surface area contributed by atoms with Crippen LogP contribution in [0.2, 0.25) is 0 Å². The number of anilines is 1. The number of carbonyl (C=O) groups excluding carboxylic acids is 2. The number of benzene rings is 2. The van der Waals surface area contributed by atoms with Crippen molar-refractivity contribution in [1.29, 1.82) is 0 Å². The molecule has 4 rings (SSSR count). The maximum absolute atomic E-state index is 13.6. The van der Waals surface area contributed by atoms with Gasteiger partial charge in [-0.25, -0.2) is 4.39 Å². The van der Waals surface area contributed by atoms with Crippen LogP contribution >= 0.6 is 0 Å². The highest BCUT2D eigenvalue weighted by Crippen LogP contribution is 2.37. The van der Waals surface area contributed by atoms with E-state index in [4.69, 9.17) is 9.47 Å². The van der Waals surface area contributed by atoms with Gasteiger partial charge in [0.15, 0.2) is 11.5 Å². The smallest absolute Gasteiger partial charge is 0.255 e. The molecule has 0 unspecified atom stereocenters. The SMILES string of the molecule is COc1cc(C(=O)N2CC[C@H](F)C2)cc(NC(=O)c2ccc3ncccc3c2)c1OC. The van der Waals surface area contributed by atoms with E-state index >= 15 is 0 Å². The summed E-state index contributed by atoms with van der Waals surface area (Å²) < 4.78 is 24.3. The van der Waals surface area contributed by atoms with Crippen molar-refractivity contribution < 1.29 is 23.5 Å². The van der Waals surface area contributed by atoms with Gasteiger partial charge >= 0.3 is 0 Å². The van der Waals surface area contributed by atoms with Crippen molar-refractivity contribution >= 4 is 28.4 Å². The largest absolute Gasteiger partial charge is 0.493 e. The molecule has 8 heteroatoms. The molecule has 3 aromatic rings. The Morgan fingerprint density at radius 3 is 2.68 bits per heavy atom. The summed E-state index contributed by atoms with van der Waals surface area (Å²) in [6, 6.07) is 11.9. The van der Waals surface area contributed by atoms with E-state index in [0.717, 1.165) is 10.9 Å². The number of nitrogens with one attached hydrogen (secondary N) is 1. The molecule has 1 fully saturated rings. The lowest BCUT2D eigenvalue weighted by molar-refractivity contribution is 0.0782. The van der Waals surface area contributed by atoms with Gasteiger partial charge in [-0.1, -0.05) is 6.07 Å². The number of amides is 2. The molecule has 0 radical (unpaired) electrons. The highest BCUT2D eigenvalue weighted by atomic mass is 19.1. The van der Waals surface area contributed by atoms with Crippen LogP contribution in [-0.4, -0.2) is 55.2 Å². The number of methoxy groups -OCH3 is 2. The summed E-state index contributed by atoms with van der Waals surface area (Å²) in [5, 5.41) is 3.63. The minimum Gasteiger partial charge on any atom is -0.493 e. The first kappa shape index (κ1) is 20.6. The van der Waals surface area contributed by atoms with Crippen LogP contribution in [0.15, 0.2) is 48.7 Å². The lowest BCUT2D eigenvalue weighted by atomic mass is 10.1. The van der Waals surface area contributed by atoms with Gasteiger partial charge in [0.1, 0.15) is 6.17 Å². The van der Waals surface area contributed by atoms with Crippen LogP contribution in [0.4, 0.5) is 10.1 Å². The van der Waals surface area contributed by atoms with Crippen LogP contribution < -0.4 is 14.8 Å². The standard InChI is InChI=1S/C23H22FN3O4/c1-30-20-12-16(23(29)27-9-7-17(24)13-27)11-19(21(20)31-2)26-22(28)15-5-6-18-14(10-15)4-3-8-25-18/h3-6,8,10-12,17H,7,9,13H2,1-2H3,(H,26,28)/t17-/m0/s1. The van der Waals surface area contributed by atoms with Crippen molar-refractivity contribution in [3.05, 3.63) is 59.8 Å². The molecule has 0 bridgehead atoms. The Bertz CT molecular complexity index is 1150. The van der Waals surface area contributed by atoms with Gasteiger partial charge in [-0.2, -0.15) is 0 Å². The number of hydrogen-bond donors (Lipinski definition) is 1. The quantitative estimate of drug-likeness (QED) is 0.677. The number of aromatic nitrogens is 1. The van der Waals surface area contributed by atoms with E-state index in [1.54, 1.807) is 30.5 Å². The molecule has 160 valence electrons. The Balaban J connectivity index is 1.66. The molecule has 7 nitrogen and oxygen atoms in total. The average Bonchev–Trinajstić information content (AvgIpc) is 3.23. The summed E-state index contributed by atoms with van der Waals surface area (Å²) >= 11 is 0. The van der Waals surface area contributed by atoms with Gasteiger partial charge in [-0.15, -0.1) is 0 Å². The molecular formula is C23H22FN3O4. The molecule has 1 aliphatic heterocycles. The van der Waals surface area contributed by atoms with Gasteiger partial charge in [-0.05, 0) is 42.8 Å². The number of ether oxygens (including phenoxy) is 2. The second-order valence-electron chi connectivity index (χ2n) is 7.26. The van der Waals surface area contributed by atoms with Crippen molar-refractivity contribution in [2.24, 2.45) is 0 Å². The van der Waals surface area contributed by atoms with E-state index in [9.17, 15) is 14.0 Å². The van der Waals surface area contributed by atoms with Gasteiger partial charge in [0.25, 0.3) is 11.8 Å². The van der Waals surface area contributed by atoms with E-state index in [0.29, 0.717) is 30.0 Å². The van der Waals surface area contributed by atoms with Crippen LogP contribution in [0.5, 0.6) is 11.5 Å². The van der Waals surface area contributed by atoms with E-state index in [2.05, 4.69) is 10.3 Å². The molecule has 1 aliphatic rings. The normalized spacial score (nSPS) is 15.7. The number of likely N-dealkylation sites (tertiary alicyclic amines) is 1. The van der Waals surface area contributed by atoms with Gasteiger partial charge in [-0.3, -0.25) is 14.6 Å². The van der Waals surface area contributed by atoms with E-state index in [-0.39, 0.29) is 29.6 Å². The topological polar surface area (TPSA) is 80.8 Å². The molecule has 1 atom stereocenters. The summed E-state index contributed by atoms with van der Waals surface area (Å²) in [5.74, 6) is -0.115. The number of pyridine rings is 1. The predicted molar refractivity (Wildman–Crippen MR) is 115 cm³/mol. The fraction of sp³-hybridized carbons (Fsp3) is 0.261. The number of halogens is 1. The van der Waals surface area contributed by atoms with Crippen LogP contribution in [0.1, 0.15) is 27.1 Å². The maximum atomic E-state index is 13.6. The predicted octanol–water partition coefficient (Wildman–Crippen LogP) is 3.69. The summed E-state index contributed by atoms with van der Waals surface area (Å²) in [4.78, 5) is 31.5. The highest BCUT2D eigenvalue weighted by molar-refractivity contribution is 6.08. The summed E-state index contributed by atoms with van der Waals surface area (Å²) in [6.07, 6.45) is 0.984. The van der Waals surface area contributed by atoms with E-state index in [1.807, 2.05) is 6.07 Å². The Kier molecular flexibility index (Phi) is 5.70. The van der Waals surface area contributed by atoms with E-state index < -0.39 is 6.17 Å². The fourth-order valence-electron chi connectivity index (χ4n) is 3.68. The van der Waals surface area contributed by atoms with Crippen LogP contribution in [0.3, 0.4) is 0 Å². The lowest BCUT2D eigenvalue weighted by Gasteiger charge is -2.19. The summed E-state index contributed by atoms with van der Waals surface area (Å²) in [6.45, 7) is 0.404. The minimum absolute atomic E-state index is 0.0556. The molecule has 0 aliphatic carbocycles. The Morgan fingerprint density at radius 2 is 1.97 bits per heavy atom. The zero-order valence-corrected chi connectivity index (χ0v) is 17.2. The number of carbonyl (C=O) groups is 2. The molecule has 2 heterocycles. The summed E-state index contributed by atoms with van der Waals surface area (Å²) in [5.41, 5.74) is 1.78. The third kappa shape index (κ3) is 4.14. The van der Waals surface area contributed by atoms with E-state index in [1.165, 1.54) is 31.3 Å². The minimum atomic E-state index is -1.02. The van der Waals surface area contributed by atoms with Crippen molar-refractivity contribution in [1.82, 2.24) is 9.88 Å². The molecule has 2 amide bonds. The highest BCUT2D eigenvalue weighted by Gasteiger charge is 2.28. The zero-order valence-electron chi connectivity index (χ0n) is 17.2. The van der Waals surface area contributed by atoms with Crippen LogP contribution in [-0.2, 0) is 0 Å². The van der Waals surface area contributed by atoms with Crippen molar-refractivity contribution in [3.63, 3.8) is 0 Å². The zero-order chi connectivity index (χ0) is 22.0. The van der Waals surface area contributed by atoms with Gasteiger partial charge in [0, 0.05) is 29.3 Å². The van der Waals surface area contributed by atoms with Gasteiger partial charge in [0.05, 0.1) is 32.0 Å². The molecule has 0 saturated carbocycles. The van der Waals surface area contributed by atoms with Gasteiger partial charge in [0.2, 0.25) is 0 Å². The third-order valence-corrected chi connectivity index (χ3v) is 5.26. The molecule has 2 aromatic carbocycles. The third-order valence-electron chi connectivity index (χ3n) is 5.26. The Hall–Kier alpha value is -3.68. The fourth-order valence-corrected chi connectivity index (χ4v) is 3.68. The monoisotopic (exact) mass is 423 g/mol. The van der Waals surface area contributed by atoms with Crippen molar-refractivity contribution in [2.75, 3.05) is 32.6 Å². The first-order valence-electron chi connectivity index (χ1n) is 9.85. The van der Waals surface area contributed by atoms with Crippen molar-refractivity contribution in [3.8, 4) is 11.5 Å². The second kappa shape index (κ2) is 8.59. The first-order chi connectivity index (χ1) is 15.0. The number of rotatable bonds is 5. The average molecular weight is 423 g/mol. The molecule has 31 heavy (non-hydrogen) atoms. The number of nitrogens with zero attached hydrogens (tertiary/aromatic N) is 2. The Morgan fingerprint density at radius 1 is 1.13 bits per heavy atom. The molecular weight excluding hydrogens is 401 g/mol. The number of hydrogen-bond acceptors (Lipinski definition) is 5. The van der Waals surface area contributed by atoms with Crippen LogP contribution in [0, 0.1) is 0 Å². The lowest BCUT2D eigenvalue weighted by Crippen LogP contribution is -2.29. The molecule has 1 N–H and O–H groups in total. The molecule has 1 aromatic heterocycles. The maximum Gasteiger partial charge on any atom is 0.255 e. The molecule has 1 saturated heterocycles. The van der Waals surface area contributed by atoms with Gasteiger partial charge < -0.3 is 19.7 Å². The molecule has 0 spiro atoms. The summed E-state index contributed by atoms with van der Waals surface area (Å²) in [7, 11) is 2.90. The second-order valence-corrected chi connectivity index (χ2v) is 7.26. The van der Waals surface area contributed by atoms with Crippen molar-refractivity contribution in [2.45, 2.75) is 12.6 Å². The first-order valence-corrected chi connectivity index (χ1v) is 9.85.